The van der Waals surface area contributed by atoms with Gasteiger partial charge in [-0.1, -0.05) is 6.07 Å². The van der Waals surface area contributed by atoms with Crippen molar-refractivity contribution in [1.82, 2.24) is 9.78 Å². The lowest BCUT2D eigenvalue weighted by Gasteiger charge is -2.17. The van der Waals surface area contributed by atoms with Gasteiger partial charge >= 0.3 is 0 Å². The Morgan fingerprint density at radius 2 is 2.10 bits per heavy atom. The smallest absolute Gasteiger partial charge is 0.164 e. The molecule has 1 atom stereocenters. The number of anilines is 1. The molecule has 0 aliphatic heterocycles. The molecule has 1 aromatic heterocycles. The molecule has 0 amide bonds. The minimum absolute atomic E-state index is 0.294. The van der Waals surface area contributed by atoms with Crippen molar-refractivity contribution in [1.29, 1.82) is 0 Å². The maximum absolute atomic E-state index is 5.54. The molecule has 0 unspecified atom stereocenters. The Bertz CT molecular complexity index is 664. The van der Waals surface area contributed by atoms with Crippen LogP contribution in [0.4, 0.5) is 5.69 Å². The Balaban J connectivity index is 1.92. The van der Waals surface area contributed by atoms with Crippen molar-refractivity contribution >= 4 is 5.69 Å². The second kappa shape index (κ2) is 5.31. The Morgan fingerprint density at radius 3 is 2.71 bits per heavy atom. The van der Waals surface area contributed by atoms with E-state index < -0.39 is 0 Å². The van der Waals surface area contributed by atoms with Crippen molar-refractivity contribution in [3.05, 3.63) is 35.2 Å². The van der Waals surface area contributed by atoms with Crippen LogP contribution in [0.15, 0.2) is 18.3 Å². The summed E-state index contributed by atoms with van der Waals surface area (Å²) in [7, 11) is 5.33. The van der Waals surface area contributed by atoms with Crippen molar-refractivity contribution in [2.45, 2.75) is 25.8 Å². The van der Waals surface area contributed by atoms with Crippen molar-refractivity contribution in [3.8, 4) is 11.5 Å². The Hall–Kier alpha value is -2.17. The number of rotatable bonds is 4. The predicted molar refractivity (Wildman–Crippen MR) is 82.2 cm³/mol. The average Bonchev–Trinajstić information content (AvgIpc) is 3.05. The highest BCUT2D eigenvalue weighted by molar-refractivity contribution is 5.57. The van der Waals surface area contributed by atoms with Gasteiger partial charge in [0.2, 0.25) is 0 Å². The Morgan fingerprint density at radius 1 is 1.29 bits per heavy atom. The monoisotopic (exact) mass is 287 g/mol. The molecule has 1 N–H and O–H groups in total. The van der Waals surface area contributed by atoms with Gasteiger partial charge in [-0.05, 0) is 31.4 Å². The summed E-state index contributed by atoms with van der Waals surface area (Å²) in [6.07, 6.45) is 3.92. The maximum Gasteiger partial charge on any atom is 0.164 e. The molecule has 0 saturated heterocycles. The van der Waals surface area contributed by atoms with E-state index in [-0.39, 0.29) is 0 Å². The van der Waals surface area contributed by atoms with Crippen molar-refractivity contribution in [2.75, 3.05) is 19.5 Å². The van der Waals surface area contributed by atoms with E-state index in [1.54, 1.807) is 14.2 Å². The first-order valence-corrected chi connectivity index (χ1v) is 7.14. The fraction of sp³-hybridized carbons (Fsp3) is 0.438. The van der Waals surface area contributed by atoms with E-state index in [1.807, 2.05) is 24.0 Å². The summed E-state index contributed by atoms with van der Waals surface area (Å²) in [6, 6.07) is 4.41. The minimum atomic E-state index is 0.294. The Labute approximate surface area is 124 Å². The molecule has 1 heterocycles. The zero-order valence-electron chi connectivity index (χ0n) is 12.9. The van der Waals surface area contributed by atoms with E-state index in [4.69, 9.17) is 9.47 Å². The van der Waals surface area contributed by atoms with Crippen LogP contribution in [-0.4, -0.2) is 24.0 Å². The molecule has 1 aromatic carbocycles. The molecule has 21 heavy (non-hydrogen) atoms. The molecule has 5 nitrogen and oxygen atoms in total. The number of nitrogens with zero attached hydrogens (tertiary/aromatic N) is 2. The zero-order valence-corrected chi connectivity index (χ0v) is 12.9. The SMILES string of the molecule is COc1ccc2c(c1OC)CC[C@@H]2Nc1cnn(C)c1C. The first-order valence-electron chi connectivity index (χ1n) is 7.14. The second-order valence-electron chi connectivity index (χ2n) is 5.37. The lowest BCUT2D eigenvalue weighted by molar-refractivity contribution is 0.352. The normalized spacial score (nSPS) is 16.7. The van der Waals surface area contributed by atoms with E-state index in [0.29, 0.717) is 6.04 Å². The third-order valence-corrected chi connectivity index (χ3v) is 4.31. The van der Waals surface area contributed by atoms with Crippen LogP contribution in [0.25, 0.3) is 0 Å². The van der Waals surface area contributed by atoms with Gasteiger partial charge in [0.1, 0.15) is 0 Å². The van der Waals surface area contributed by atoms with Gasteiger partial charge in [0.15, 0.2) is 11.5 Å². The number of fused-ring (bicyclic) bond motifs is 1. The second-order valence-corrected chi connectivity index (χ2v) is 5.37. The summed E-state index contributed by atoms with van der Waals surface area (Å²) in [5, 5.41) is 7.88. The maximum atomic E-state index is 5.54. The number of hydrogen-bond acceptors (Lipinski definition) is 4. The molecule has 1 aliphatic rings. The molecule has 0 fully saturated rings. The van der Waals surface area contributed by atoms with Gasteiger partial charge in [0, 0.05) is 12.6 Å². The molecule has 1 aliphatic carbocycles. The highest BCUT2D eigenvalue weighted by Gasteiger charge is 2.27. The van der Waals surface area contributed by atoms with Gasteiger partial charge in [-0.25, -0.2) is 0 Å². The molecular formula is C16H21N3O2. The molecule has 5 heteroatoms. The topological polar surface area (TPSA) is 48.3 Å². The first kappa shape index (κ1) is 13.8. The largest absolute Gasteiger partial charge is 0.493 e. The minimum Gasteiger partial charge on any atom is -0.493 e. The summed E-state index contributed by atoms with van der Waals surface area (Å²) >= 11 is 0. The number of aryl methyl sites for hydroxylation is 1. The lowest BCUT2D eigenvalue weighted by atomic mass is 10.1. The van der Waals surface area contributed by atoms with E-state index in [1.165, 1.54) is 11.1 Å². The van der Waals surface area contributed by atoms with Gasteiger partial charge in [0.05, 0.1) is 37.8 Å². The molecule has 0 bridgehead atoms. The molecule has 2 aromatic rings. The van der Waals surface area contributed by atoms with E-state index in [9.17, 15) is 0 Å². The summed E-state index contributed by atoms with van der Waals surface area (Å²) in [4.78, 5) is 0. The van der Waals surface area contributed by atoms with Crippen molar-refractivity contribution in [3.63, 3.8) is 0 Å². The number of benzene rings is 1. The van der Waals surface area contributed by atoms with Gasteiger partial charge in [-0.3, -0.25) is 4.68 Å². The standard InChI is InChI=1S/C16H21N3O2/c1-10-14(9-17-19(10)2)18-13-7-5-12-11(13)6-8-15(20-3)16(12)21-4/h6,8-9,13,18H,5,7H2,1-4H3/t13-/m0/s1. The van der Waals surface area contributed by atoms with E-state index >= 15 is 0 Å². The van der Waals surface area contributed by atoms with Gasteiger partial charge < -0.3 is 14.8 Å². The summed E-state index contributed by atoms with van der Waals surface area (Å²) in [5.41, 5.74) is 4.76. The Kier molecular flexibility index (Phi) is 3.49. The number of ether oxygens (including phenoxy) is 2. The molecule has 0 saturated carbocycles. The number of nitrogens with one attached hydrogen (secondary N) is 1. The van der Waals surface area contributed by atoms with Crippen LogP contribution in [0.5, 0.6) is 11.5 Å². The van der Waals surface area contributed by atoms with E-state index in [2.05, 4.69) is 23.4 Å². The van der Waals surface area contributed by atoms with Gasteiger partial charge in [-0.2, -0.15) is 5.10 Å². The highest BCUT2D eigenvalue weighted by Crippen LogP contribution is 2.43. The van der Waals surface area contributed by atoms with Crippen molar-refractivity contribution < 1.29 is 9.47 Å². The van der Waals surface area contributed by atoms with Crippen LogP contribution >= 0.6 is 0 Å². The molecule has 3 rings (SSSR count). The highest BCUT2D eigenvalue weighted by atomic mass is 16.5. The number of aromatic nitrogens is 2. The third kappa shape index (κ3) is 2.22. The fourth-order valence-electron chi connectivity index (χ4n) is 3.01. The average molecular weight is 287 g/mol. The zero-order chi connectivity index (χ0) is 15.0. The number of hydrogen-bond donors (Lipinski definition) is 1. The molecular weight excluding hydrogens is 266 g/mol. The van der Waals surface area contributed by atoms with Crippen LogP contribution in [0.2, 0.25) is 0 Å². The fourth-order valence-corrected chi connectivity index (χ4v) is 3.01. The van der Waals surface area contributed by atoms with Crippen LogP contribution in [0, 0.1) is 6.92 Å². The summed E-state index contributed by atoms with van der Waals surface area (Å²) in [6.45, 7) is 2.07. The predicted octanol–water partition coefficient (Wildman–Crippen LogP) is 2.85. The summed E-state index contributed by atoms with van der Waals surface area (Å²) < 4.78 is 12.8. The van der Waals surface area contributed by atoms with E-state index in [0.717, 1.165) is 35.7 Å². The van der Waals surface area contributed by atoms with Crippen LogP contribution in [0.1, 0.15) is 29.3 Å². The third-order valence-electron chi connectivity index (χ3n) is 4.31. The van der Waals surface area contributed by atoms with Crippen LogP contribution in [0.3, 0.4) is 0 Å². The summed E-state index contributed by atoms with van der Waals surface area (Å²) in [5.74, 6) is 1.66. The van der Waals surface area contributed by atoms with Crippen LogP contribution in [-0.2, 0) is 13.5 Å². The first-order chi connectivity index (χ1) is 10.2. The lowest BCUT2D eigenvalue weighted by Crippen LogP contribution is -2.08. The molecule has 0 radical (unpaired) electrons. The molecule has 112 valence electrons. The van der Waals surface area contributed by atoms with Gasteiger partial charge in [-0.15, -0.1) is 0 Å². The quantitative estimate of drug-likeness (QED) is 0.939. The van der Waals surface area contributed by atoms with Crippen LogP contribution < -0.4 is 14.8 Å². The van der Waals surface area contributed by atoms with Gasteiger partial charge in [0.25, 0.3) is 0 Å². The molecule has 0 spiro atoms. The van der Waals surface area contributed by atoms with Crippen molar-refractivity contribution in [2.24, 2.45) is 7.05 Å². The number of methoxy groups -OCH3 is 2.